The standard InChI is InChI=1S/C12H14N2S/c1-8-4-3-5-10(6-8)7-11-9(2)15-12(13)14-11/h3-6H,7H2,1-2H3,(H2,13,14). The van der Waals surface area contributed by atoms with E-state index in [-0.39, 0.29) is 0 Å². The molecular formula is C12H14N2S. The smallest absolute Gasteiger partial charge is 0.180 e. The normalized spacial score (nSPS) is 10.5. The van der Waals surface area contributed by atoms with Crippen LogP contribution in [-0.4, -0.2) is 4.98 Å². The molecule has 0 amide bonds. The molecule has 0 atom stereocenters. The Labute approximate surface area is 93.8 Å². The molecule has 0 spiro atoms. The summed E-state index contributed by atoms with van der Waals surface area (Å²) >= 11 is 1.56. The molecule has 78 valence electrons. The number of rotatable bonds is 2. The highest BCUT2D eigenvalue weighted by atomic mass is 32.1. The van der Waals surface area contributed by atoms with Crippen LogP contribution in [0.5, 0.6) is 0 Å². The maximum Gasteiger partial charge on any atom is 0.180 e. The number of anilines is 1. The highest BCUT2D eigenvalue weighted by Gasteiger charge is 2.05. The molecule has 0 bridgehead atoms. The first-order valence-electron chi connectivity index (χ1n) is 4.92. The maximum absolute atomic E-state index is 5.67. The minimum absolute atomic E-state index is 0.662. The fourth-order valence-corrected chi connectivity index (χ4v) is 2.33. The van der Waals surface area contributed by atoms with E-state index in [0.29, 0.717) is 5.13 Å². The quantitative estimate of drug-likeness (QED) is 0.841. The second kappa shape index (κ2) is 4.03. The van der Waals surface area contributed by atoms with Crippen LogP contribution in [0.15, 0.2) is 24.3 Å². The van der Waals surface area contributed by atoms with Crippen molar-refractivity contribution < 1.29 is 0 Å². The fraction of sp³-hybridized carbons (Fsp3) is 0.250. The number of nitrogens with two attached hydrogens (primary N) is 1. The molecule has 0 saturated heterocycles. The van der Waals surface area contributed by atoms with Crippen molar-refractivity contribution in [2.24, 2.45) is 0 Å². The Hall–Kier alpha value is -1.35. The zero-order valence-electron chi connectivity index (χ0n) is 8.95. The number of hydrogen-bond acceptors (Lipinski definition) is 3. The zero-order valence-corrected chi connectivity index (χ0v) is 9.77. The second-order valence-electron chi connectivity index (χ2n) is 3.72. The number of aromatic nitrogens is 1. The summed E-state index contributed by atoms with van der Waals surface area (Å²) in [4.78, 5) is 5.55. The lowest BCUT2D eigenvalue weighted by molar-refractivity contribution is 1.08. The highest BCUT2D eigenvalue weighted by molar-refractivity contribution is 7.15. The van der Waals surface area contributed by atoms with Gasteiger partial charge in [0.05, 0.1) is 5.69 Å². The van der Waals surface area contributed by atoms with E-state index in [4.69, 9.17) is 5.73 Å². The third kappa shape index (κ3) is 2.36. The topological polar surface area (TPSA) is 38.9 Å². The molecule has 2 nitrogen and oxygen atoms in total. The van der Waals surface area contributed by atoms with Gasteiger partial charge in [-0.2, -0.15) is 0 Å². The lowest BCUT2D eigenvalue weighted by Crippen LogP contribution is -1.92. The van der Waals surface area contributed by atoms with Gasteiger partial charge in [0.25, 0.3) is 0 Å². The van der Waals surface area contributed by atoms with Crippen molar-refractivity contribution in [2.75, 3.05) is 5.73 Å². The van der Waals surface area contributed by atoms with Crippen LogP contribution >= 0.6 is 11.3 Å². The van der Waals surface area contributed by atoms with E-state index in [2.05, 4.69) is 43.1 Å². The maximum atomic E-state index is 5.67. The van der Waals surface area contributed by atoms with Crippen molar-refractivity contribution in [3.05, 3.63) is 46.0 Å². The Kier molecular flexibility index (Phi) is 2.73. The van der Waals surface area contributed by atoms with Crippen LogP contribution in [0.4, 0.5) is 5.13 Å². The molecule has 1 heterocycles. The summed E-state index contributed by atoms with van der Waals surface area (Å²) in [5.41, 5.74) is 9.35. The number of nitrogen functional groups attached to an aromatic ring is 1. The van der Waals surface area contributed by atoms with Crippen molar-refractivity contribution in [1.29, 1.82) is 0 Å². The van der Waals surface area contributed by atoms with Crippen LogP contribution < -0.4 is 5.73 Å². The molecule has 2 N–H and O–H groups in total. The van der Waals surface area contributed by atoms with Gasteiger partial charge in [0.2, 0.25) is 0 Å². The van der Waals surface area contributed by atoms with Gasteiger partial charge >= 0.3 is 0 Å². The Balaban J connectivity index is 2.25. The van der Waals surface area contributed by atoms with E-state index in [1.165, 1.54) is 16.0 Å². The first-order valence-corrected chi connectivity index (χ1v) is 5.74. The molecule has 2 aromatic rings. The van der Waals surface area contributed by atoms with Gasteiger partial charge in [-0.3, -0.25) is 0 Å². The van der Waals surface area contributed by atoms with Gasteiger partial charge in [0.15, 0.2) is 5.13 Å². The van der Waals surface area contributed by atoms with E-state index in [1.807, 2.05) is 0 Å². The molecule has 2 rings (SSSR count). The van der Waals surface area contributed by atoms with Crippen molar-refractivity contribution >= 4 is 16.5 Å². The monoisotopic (exact) mass is 218 g/mol. The molecule has 1 aromatic heterocycles. The summed E-state index contributed by atoms with van der Waals surface area (Å²) in [5.74, 6) is 0. The van der Waals surface area contributed by atoms with Crippen LogP contribution in [-0.2, 0) is 6.42 Å². The van der Waals surface area contributed by atoms with E-state index >= 15 is 0 Å². The Bertz CT molecular complexity index is 474. The minimum Gasteiger partial charge on any atom is -0.375 e. The molecule has 0 aliphatic carbocycles. The summed E-state index contributed by atoms with van der Waals surface area (Å²) in [6.45, 7) is 4.17. The molecule has 15 heavy (non-hydrogen) atoms. The SMILES string of the molecule is Cc1cccc(Cc2nc(N)sc2C)c1. The molecule has 0 aliphatic heterocycles. The van der Waals surface area contributed by atoms with Crippen molar-refractivity contribution in [1.82, 2.24) is 4.98 Å². The largest absolute Gasteiger partial charge is 0.375 e. The zero-order chi connectivity index (χ0) is 10.8. The summed E-state index contributed by atoms with van der Waals surface area (Å²) in [6.07, 6.45) is 0.876. The van der Waals surface area contributed by atoms with E-state index in [1.54, 1.807) is 11.3 Å². The molecule has 1 aromatic carbocycles. The van der Waals surface area contributed by atoms with E-state index in [9.17, 15) is 0 Å². The van der Waals surface area contributed by atoms with Gasteiger partial charge in [-0.1, -0.05) is 29.8 Å². The molecular weight excluding hydrogens is 204 g/mol. The number of benzene rings is 1. The van der Waals surface area contributed by atoms with E-state index in [0.717, 1.165) is 12.1 Å². The number of nitrogens with zero attached hydrogens (tertiary/aromatic N) is 1. The van der Waals surface area contributed by atoms with Gasteiger partial charge in [-0.05, 0) is 19.4 Å². The second-order valence-corrected chi connectivity index (χ2v) is 4.96. The van der Waals surface area contributed by atoms with Crippen LogP contribution in [0.1, 0.15) is 21.7 Å². The average Bonchev–Trinajstić information content (AvgIpc) is 2.45. The van der Waals surface area contributed by atoms with Crippen molar-refractivity contribution in [3.63, 3.8) is 0 Å². The van der Waals surface area contributed by atoms with Crippen LogP contribution in [0, 0.1) is 13.8 Å². The van der Waals surface area contributed by atoms with Gasteiger partial charge in [0, 0.05) is 11.3 Å². The molecule has 0 aliphatic rings. The number of aryl methyl sites for hydroxylation is 2. The molecule has 0 radical (unpaired) electrons. The molecule has 0 saturated carbocycles. The predicted octanol–water partition coefficient (Wildman–Crippen LogP) is 2.93. The van der Waals surface area contributed by atoms with Gasteiger partial charge in [0.1, 0.15) is 0 Å². The first kappa shape index (κ1) is 10.2. The molecule has 0 unspecified atom stereocenters. The minimum atomic E-state index is 0.662. The first-order chi connectivity index (χ1) is 7.15. The van der Waals surface area contributed by atoms with Crippen molar-refractivity contribution in [3.8, 4) is 0 Å². The lowest BCUT2D eigenvalue weighted by atomic mass is 10.1. The Morgan fingerprint density at radius 3 is 2.73 bits per heavy atom. The summed E-state index contributed by atoms with van der Waals surface area (Å²) in [7, 11) is 0. The van der Waals surface area contributed by atoms with E-state index < -0.39 is 0 Å². The summed E-state index contributed by atoms with van der Waals surface area (Å²) < 4.78 is 0. The molecule has 0 fully saturated rings. The summed E-state index contributed by atoms with van der Waals surface area (Å²) in [6, 6.07) is 8.50. The average molecular weight is 218 g/mol. The van der Waals surface area contributed by atoms with Gasteiger partial charge in [-0.15, -0.1) is 11.3 Å². The van der Waals surface area contributed by atoms with Gasteiger partial charge in [-0.25, -0.2) is 4.98 Å². The lowest BCUT2D eigenvalue weighted by Gasteiger charge is -2.00. The van der Waals surface area contributed by atoms with Crippen molar-refractivity contribution in [2.45, 2.75) is 20.3 Å². The van der Waals surface area contributed by atoms with Crippen LogP contribution in [0.2, 0.25) is 0 Å². The summed E-state index contributed by atoms with van der Waals surface area (Å²) in [5, 5.41) is 0.662. The molecule has 3 heteroatoms. The number of thiazole rings is 1. The van der Waals surface area contributed by atoms with Crippen LogP contribution in [0.25, 0.3) is 0 Å². The Morgan fingerprint density at radius 1 is 1.33 bits per heavy atom. The predicted molar refractivity (Wildman–Crippen MR) is 65.2 cm³/mol. The van der Waals surface area contributed by atoms with Gasteiger partial charge < -0.3 is 5.73 Å². The highest BCUT2D eigenvalue weighted by Crippen LogP contribution is 2.21. The fourth-order valence-electron chi connectivity index (χ4n) is 1.63. The number of hydrogen-bond donors (Lipinski definition) is 1. The third-order valence-corrected chi connectivity index (χ3v) is 3.21. The van der Waals surface area contributed by atoms with Crippen LogP contribution in [0.3, 0.4) is 0 Å². The Morgan fingerprint density at radius 2 is 2.13 bits per heavy atom. The third-order valence-electron chi connectivity index (χ3n) is 2.36.